The largest absolute Gasteiger partial charge is 0.493 e. The summed E-state index contributed by atoms with van der Waals surface area (Å²) in [5.74, 6) is 0.792. The van der Waals surface area contributed by atoms with Gasteiger partial charge in [0.15, 0.2) is 17.1 Å². The molecule has 4 aromatic rings. The van der Waals surface area contributed by atoms with Gasteiger partial charge in [0.1, 0.15) is 0 Å². The number of amides is 2. The Morgan fingerprint density at radius 3 is 2.21 bits per heavy atom. The number of carbonyl (C=O) groups is 2. The van der Waals surface area contributed by atoms with Gasteiger partial charge in [-0.05, 0) is 53.4 Å². The quantitative estimate of drug-likeness (QED) is 0.382. The summed E-state index contributed by atoms with van der Waals surface area (Å²) in [6.07, 6.45) is 0. The van der Waals surface area contributed by atoms with Gasteiger partial charge in [0.25, 0.3) is 11.8 Å². The van der Waals surface area contributed by atoms with E-state index in [1.807, 2.05) is 60.7 Å². The van der Waals surface area contributed by atoms with Crippen molar-refractivity contribution in [1.82, 2.24) is 5.32 Å². The van der Waals surface area contributed by atoms with Crippen LogP contribution in [-0.2, 0) is 0 Å². The summed E-state index contributed by atoms with van der Waals surface area (Å²) in [6, 6.07) is 22.2. The van der Waals surface area contributed by atoms with Crippen molar-refractivity contribution in [1.29, 1.82) is 0 Å². The van der Waals surface area contributed by atoms with Gasteiger partial charge in [-0.25, -0.2) is 0 Å². The lowest BCUT2D eigenvalue weighted by atomic mass is 10.0. The van der Waals surface area contributed by atoms with Crippen LogP contribution in [-0.4, -0.2) is 25.5 Å². The molecule has 0 aliphatic rings. The standard InChI is InChI=1S/C27H26N2O4/c1-17(2)16-28-26(30)20-9-7-18(8-10-20)19-11-13-22(14-12-19)29-27(31)24-15-21-5-4-6-23(32-3)25(21)33-24/h4-15,17H,16H2,1-3H3,(H,28,30)(H,29,31). The maximum atomic E-state index is 12.7. The Bertz CT molecular complexity index is 1270. The maximum Gasteiger partial charge on any atom is 0.291 e. The lowest BCUT2D eigenvalue weighted by Gasteiger charge is -2.09. The van der Waals surface area contributed by atoms with Gasteiger partial charge in [0, 0.05) is 23.2 Å². The van der Waals surface area contributed by atoms with Gasteiger partial charge in [-0.15, -0.1) is 0 Å². The lowest BCUT2D eigenvalue weighted by molar-refractivity contribution is 0.0948. The van der Waals surface area contributed by atoms with Crippen molar-refractivity contribution >= 4 is 28.5 Å². The number of furan rings is 1. The van der Waals surface area contributed by atoms with Crippen LogP contribution in [0.25, 0.3) is 22.1 Å². The Hall–Kier alpha value is -4.06. The molecule has 0 saturated heterocycles. The first-order chi connectivity index (χ1) is 15.9. The number of ether oxygens (including phenoxy) is 1. The molecule has 168 valence electrons. The zero-order valence-electron chi connectivity index (χ0n) is 18.8. The van der Waals surface area contributed by atoms with Crippen LogP contribution in [0.4, 0.5) is 5.69 Å². The highest BCUT2D eigenvalue weighted by Crippen LogP contribution is 2.29. The molecular weight excluding hydrogens is 416 g/mol. The van der Waals surface area contributed by atoms with Crippen LogP contribution >= 0.6 is 0 Å². The second kappa shape index (κ2) is 9.61. The number of nitrogens with one attached hydrogen (secondary N) is 2. The minimum Gasteiger partial charge on any atom is -0.493 e. The van der Waals surface area contributed by atoms with E-state index < -0.39 is 0 Å². The topological polar surface area (TPSA) is 80.6 Å². The Kier molecular flexibility index (Phi) is 6.45. The van der Waals surface area contributed by atoms with Gasteiger partial charge in [-0.1, -0.05) is 50.2 Å². The molecule has 2 N–H and O–H groups in total. The van der Waals surface area contributed by atoms with Crippen molar-refractivity contribution in [3.8, 4) is 16.9 Å². The molecular formula is C27H26N2O4. The van der Waals surface area contributed by atoms with Crippen molar-refractivity contribution in [3.63, 3.8) is 0 Å². The number of hydrogen-bond donors (Lipinski definition) is 2. The highest BCUT2D eigenvalue weighted by Gasteiger charge is 2.15. The van der Waals surface area contributed by atoms with Crippen LogP contribution in [0.2, 0.25) is 0 Å². The summed E-state index contributed by atoms with van der Waals surface area (Å²) in [7, 11) is 1.56. The molecule has 6 nitrogen and oxygen atoms in total. The number of benzene rings is 3. The molecule has 0 spiro atoms. The van der Waals surface area contributed by atoms with E-state index in [0.29, 0.717) is 35.0 Å². The van der Waals surface area contributed by atoms with Crippen molar-refractivity contribution in [3.05, 3.63) is 84.1 Å². The lowest BCUT2D eigenvalue weighted by Crippen LogP contribution is -2.27. The van der Waals surface area contributed by atoms with E-state index in [0.717, 1.165) is 16.5 Å². The van der Waals surface area contributed by atoms with Gasteiger partial charge in [-0.2, -0.15) is 0 Å². The molecule has 0 unspecified atom stereocenters. The molecule has 0 atom stereocenters. The zero-order chi connectivity index (χ0) is 23.4. The van der Waals surface area contributed by atoms with Crippen molar-refractivity contribution in [2.45, 2.75) is 13.8 Å². The Morgan fingerprint density at radius 1 is 0.909 bits per heavy atom. The van der Waals surface area contributed by atoms with Gasteiger partial charge >= 0.3 is 0 Å². The molecule has 0 aliphatic heterocycles. The average molecular weight is 443 g/mol. The molecule has 0 saturated carbocycles. The first-order valence-electron chi connectivity index (χ1n) is 10.8. The second-order valence-corrected chi connectivity index (χ2v) is 8.20. The second-order valence-electron chi connectivity index (χ2n) is 8.20. The smallest absolute Gasteiger partial charge is 0.291 e. The number of methoxy groups -OCH3 is 1. The minimum atomic E-state index is -0.335. The molecule has 4 rings (SSSR count). The molecule has 33 heavy (non-hydrogen) atoms. The fraction of sp³-hybridized carbons (Fsp3) is 0.185. The van der Waals surface area contributed by atoms with E-state index >= 15 is 0 Å². The zero-order valence-corrected chi connectivity index (χ0v) is 18.8. The van der Waals surface area contributed by atoms with Crippen LogP contribution in [0.1, 0.15) is 34.8 Å². The number of anilines is 1. The number of carbonyl (C=O) groups excluding carboxylic acids is 2. The fourth-order valence-corrected chi connectivity index (χ4v) is 3.46. The molecule has 2 amide bonds. The molecule has 1 aromatic heterocycles. The number of fused-ring (bicyclic) bond motifs is 1. The van der Waals surface area contributed by atoms with Crippen molar-refractivity contribution < 1.29 is 18.7 Å². The Labute approximate surface area is 192 Å². The molecule has 0 fully saturated rings. The van der Waals surface area contributed by atoms with Crippen LogP contribution in [0, 0.1) is 5.92 Å². The maximum absolute atomic E-state index is 12.7. The predicted molar refractivity (Wildman–Crippen MR) is 130 cm³/mol. The van der Waals surface area contributed by atoms with Gasteiger partial charge in [-0.3, -0.25) is 9.59 Å². The van der Waals surface area contributed by atoms with E-state index in [9.17, 15) is 9.59 Å². The summed E-state index contributed by atoms with van der Waals surface area (Å²) >= 11 is 0. The highest BCUT2D eigenvalue weighted by molar-refractivity contribution is 6.05. The number of hydrogen-bond acceptors (Lipinski definition) is 4. The van der Waals surface area contributed by atoms with Crippen LogP contribution in [0.15, 0.2) is 77.2 Å². The van der Waals surface area contributed by atoms with Gasteiger partial charge < -0.3 is 19.8 Å². The van der Waals surface area contributed by atoms with Gasteiger partial charge in [0.05, 0.1) is 7.11 Å². The molecule has 6 heteroatoms. The number of para-hydroxylation sites is 1. The van der Waals surface area contributed by atoms with Crippen LogP contribution in [0.5, 0.6) is 5.75 Å². The molecule has 1 heterocycles. The van der Waals surface area contributed by atoms with Crippen molar-refractivity contribution in [2.24, 2.45) is 5.92 Å². The summed E-state index contributed by atoms with van der Waals surface area (Å²) in [6.45, 7) is 4.77. The summed E-state index contributed by atoms with van der Waals surface area (Å²) in [5, 5.41) is 6.58. The van der Waals surface area contributed by atoms with E-state index in [1.54, 1.807) is 19.2 Å². The Balaban J connectivity index is 1.43. The van der Waals surface area contributed by atoms with Gasteiger partial charge in [0.2, 0.25) is 0 Å². The summed E-state index contributed by atoms with van der Waals surface area (Å²) in [4.78, 5) is 24.8. The summed E-state index contributed by atoms with van der Waals surface area (Å²) < 4.78 is 11.0. The highest BCUT2D eigenvalue weighted by atomic mass is 16.5. The first-order valence-corrected chi connectivity index (χ1v) is 10.8. The molecule has 0 radical (unpaired) electrons. The van der Waals surface area contributed by atoms with Crippen LogP contribution < -0.4 is 15.4 Å². The third kappa shape index (κ3) is 5.06. The summed E-state index contributed by atoms with van der Waals surface area (Å²) in [5.41, 5.74) is 3.79. The minimum absolute atomic E-state index is 0.0727. The van der Waals surface area contributed by atoms with E-state index in [4.69, 9.17) is 9.15 Å². The number of rotatable bonds is 7. The third-order valence-corrected chi connectivity index (χ3v) is 5.25. The molecule has 3 aromatic carbocycles. The predicted octanol–water partition coefficient (Wildman–Crippen LogP) is 5.75. The monoisotopic (exact) mass is 442 g/mol. The average Bonchev–Trinajstić information content (AvgIpc) is 3.28. The van der Waals surface area contributed by atoms with E-state index in [-0.39, 0.29) is 17.6 Å². The fourth-order valence-electron chi connectivity index (χ4n) is 3.46. The third-order valence-electron chi connectivity index (χ3n) is 5.25. The SMILES string of the molecule is COc1cccc2cc(C(=O)Nc3ccc(-c4ccc(C(=O)NCC(C)C)cc4)cc3)oc12. The van der Waals surface area contributed by atoms with Crippen molar-refractivity contribution in [2.75, 3.05) is 19.0 Å². The molecule has 0 bridgehead atoms. The normalized spacial score (nSPS) is 10.9. The van der Waals surface area contributed by atoms with E-state index in [1.165, 1.54) is 0 Å². The Morgan fingerprint density at radius 2 is 1.58 bits per heavy atom. The van der Waals surface area contributed by atoms with E-state index in [2.05, 4.69) is 24.5 Å². The van der Waals surface area contributed by atoms with Crippen LogP contribution in [0.3, 0.4) is 0 Å². The molecule has 0 aliphatic carbocycles. The first kappa shape index (κ1) is 22.1.